The SMILES string of the molecule is CCCCC[C@H](O)/C=C/[C@H]1C(=O)C[C@H](O)[C@@H]1C/C=C\CCCC(=O)OC[C@H](COP(=O)(O)OC[C@@H](O)CO)OC(=O)CCCCCCCCCCCCCCCC(C)C. The zero-order chi connectivity index (χ0) is 43.7. The van der Waals surface area contributed by atoms with Crippen LogP contribution in [-0.4, -0.2) is 93.9 Å². The number of carbonyl (C=O) groups excluding carboxylic acids is 3. The maximum absolute atomic E-state index is 12.7. The van der Waals surface area contributed by atoms with Gasteiger partial charge in [0.2, 0.25) is 0 Å². The quantitative estimate of drug-likeness (QED) is 0.0171. The number of aliphatic hydroxyl groups excluding tert-OH is 4. The largest absolute Gasteiger partial charge is 0.472 e. The highest BCUT2D eigenvalue weighted by Gasteiger charge is 2.39. The standard InChI is InChI=1S/C45H81O13P/c1-4-5-19-25-37(47)29-30-41-40(42(49)31-43(41)50)26-21-17-18-22-27-44(51)55-34-39(35-57-59(53,54)56-33-38(48)32-46)58-45(52)28-23-16-14-12-10-8-6-7-9-11-13-15-20-24-36(2)3/h17,21,29-30,36-42,46-49H,4-16,18-20,22-28,31-35H2,1-3H3,(H,53,54)/b21-17-,30-29+/t37-,38-,39+,40+,41+,42-/m0/s1. The van der Waals surface area contributed by atoms with Crippen molar-refractivity contribution >= 4 is 25.5 Å². The van der Waals surface area contributed by atoms with Crippen LogP contribution in [0, 0.1) is 17.8 Å². The number of esters is 2. The van der Waals surface area contributed by atoms with Crippen molar-refractivity contribution in [3.05, 3.63) is 24.3 Å². The Morgan fingerprint density at radius 3 is 1.97 bits per heavy atom. The molecule has 344 valence electrons. The van der Waals surface area contributed by atoms with Crippen molar-refractivity contribution in [2.45, 2.75) is 199 Å². The Balaban J connectivity index is 2.45. The van der Waals surface area contributed by atoms with Gasteiger partial charge >= 0.3 is 19.8 Å². The van der Waals surface area contributed by atoms with Crippen LogP contribution in [-0.2, 0) is 37.5 Å². The van der Waals surface area contributed by atoms with E-state index >= 15 is 0 Å². The number of hydrogen-bond donors (Lipinski definition) is 5. The van der Waals surface area contributed by atoms with Crippen molar-refractivity contribution < 1.29 is 62.8 Å². The van der Waals surface area contributed by atoms with Crippen molar-refractivity contribution in [2.24, 2.45) is 17.8 Å². The van der Waals surface area contributed by atoms with E-state index in [4.69, 9.17) is 19.1 Å². The second-order valence-corrected chi connectivity index (χ2v) is 18.1. The Morgan fingerprint density at radius 1 is 0.780 bits per heavy atom. The lowest BCUT2D eigenvalue weighted by Gasteiger charge is -2.20. The van der Waals surface area contributed by atoms with E-state index in [-0.39, 0.29) is 31.0 Å². The number of hydrogen-bond acceptors (Lipinski definition) is 12. The maximum atomic E-state index is 12.7. The summed E-state index contributed by atoms with van der Waals surface area (Å²) in [5.41, 5.74) is 0. The molecule has 0 amide bonds. The first-order chi connectivity index (χ1) is 28.3. The summed E-state index contributed by atoms with van der Waals surface area (Å²) in [4.78, 5) is 47.7. The number of allylic oxidation sites excluding steroid dienone is 3. The van der Waals surface area contributed by atoms with Crippen LogP contribution in [0.5, 0.6) is 0 Å². The van der Waals surface area contributed by atoms with Gasteiger partial charge in [-0.2, -0.15) is 0 Å². The average molecular weight is 861 g/mol. The molecule has 59 heavy (non-hydrogen) atoms. The normalized spacial score (nSPS) is 19.7. The molecule has 0 saturated heterocycles. The Bertz CT molecular complexity index is 1210. The first kappa shape index (κ1) is 55.1. The topological polar surface area (TPSA) is 206 Å². The molecule has 0 radical (unpaired) electrons. The summed E-state index contributed by atoms with van der Waals surface area (Å²) >= 11 is 0. The van der Waals surface area contributed by atoms with Gasteiger partial charge in [-0.15, -0.1) is 0 Å². The molecule has 0 bridgehead atoms. The molecule has 1 rings (SSSR count). The van der Waals surface area contributed by atoms with Gasteiger partial charge in [0, 0.05) is 31.1 Å². The summed E-state index contributed by atoms with van der Waals surface area (Å²) in [6, 6.07) is 0. The first-order valence-corrected chi connectivity index (χ1v) is 24.2. The molecule has 0 aliphatic heterocycles. The summed E-state index contributed by atoms with van der Waals surface area (Å²) < 4.78 is 32.7. The second-order valence-electron chi connectivity index (χ2n) is 16.7. The molecule has 13 nitrogen and oxygen atoms in total. The molecule has 1 fully saturated rings. The van der Waals surface area contributed by atoms with Crippen LogP contribution in [0.25, 0.3) is 0 Å². The van der Waals surface area contributed by atoms with Crippen LogP contribution in [0.2, 0.25) is 0 Å². The fourth-order valence-corrected chi connectivity index (χ4v) is 7.83. The minimum absolute atomic E-state index is 0.0419. The number of Topliss-reactive ketones (excluding diaryl/α,β-unsaturated/α-hetero) is 1. The fraction of sp³-hybridized carbons (Fsp3) is 0.844. The maximum Gasteiger partial charge on any atom is 0.472 e. The number of rotatable bonds is 38. The molecule has 0 aromatic carbocycles. The molecule has 7 atom stereocenters. The number of aliphatic hydroxyl groups is 4. The van der Waals surface area contributed by atoms with Gasteiger partial charge in [0.15, 0.2) is 6.10 Å². The summed E-state index contributed by atoms with van der Waals surface area (Å²) in [7, 11) is -4.68. The van der Waals surface area contributed by atoms with Crippen LogP contribution in [0.4, 0.5) is 0 Å². The highest BCUT2D eigenvalue weighted by Crippen LogP contribution is 2.43. The molecule has 5 N–H and O–H groups in total. The van der Waals surface area contributed by atoms with E-state index in [1.165, 1.54) is 64.2 Å². The Labute approximate surface area is 355 Å². The van der Waals surface area contributed by atoms with Gasteiger partial charge in [0.25, 0.3) is 0 Å². The first-order valence-electron chi connectivity index (χ1n) is 22.8. The predicted octanol–water partition coefficient (Wildman–Crippen LogP) is 8.62. The van der Waals surface area contributed by atoms with E-state index in [1.807, 2.05) is 12.2 Å². The number of unbranched alkanes of at least 4 members (excludes halogenated alkanes) is 15. The molecule has 14 heteroatoms. The van der Waals surface area contributed by atoms with Crippen LogP contribution in [0.15, 0.2) is 24.3 Å². The Kier molecular flexibility index (Phi) is 32.3. The zero-order valence-electron chi connectivity index (χ0n) is 36.6. The molecule has 0 heterocycles. The van der Waals surface area contributed by atoms with Gasteiger partial charge in [0.05, 0.1) is 32.0 Å². The van der Waals surface area contributed by atoms with Crippen LogP contribution < -0.4 is 0 Å². The van der Waals surface area contributed by atoms with Crippen molar-refractivity contribution in [3.63, 3.8) is 0 Å². The lowest BCUT2D eigenvalue weighted by molar-refractivity contribution is -0.161. The van der Waals surface area contributed by atoms with Crippen molar-refractivity contribution in [1.82, 2.24) is 0 Å². The molecule has 1 saturated carbocycles. The molecule has 0 aromatic heterocycles. The third kappa shape index (κ3) is 29.9. The Morgan fingerprint density at radius 2 is 1.36 bits per heavy atom. The van der Waals surface area contributed by atoms with E-state index in [0.29, 0.717) is 32.1 Å². The molecular weight excluding hydrogens is 779 g/mol. The van der Waals surface area contributed by atoms with Crippen molar-refractivity contribution in [3.8, 4) is 0 Å². The van der Waals surface area contributed by atoms with Crippen molar-refractivity contribution in [1.29, 1.82) is 0 Å². The average Bonchev–Trinajstić information content (AvgIpc) is 3.47. The van der Waals surface area contributed by atoms with Crippen molar-refractivity contribution in [2.75, 3.05) is 26.4 Å². The van der Waals surface area contributed by atoms with Gasteiger partial charge in [-0.1, -0.05) is 148 Å². The number of carbonyl (C=O) groups is 3. The monoisotopic (exact) mass is 861 g/mol. The summed E-state index contributed by atoms with van der Waals surface area (Å²) in [5.74, 6) is -1.10. The minimum Gasteiger partial charge on any atom is -0.462 e. The number of phosphoric acid groups is 1. The highest BCUT2D eigenvalue weighted by atomic mass is 31.2. The molecule has 0 aromatic rings. The molecule has 1 unspecified atom stereocenters. The lowest BCUT2D eigenvalue weighted by Crippen LogP contribution is -2.29. The van der Waals surface area contributed by atoms with Gasteiger partial charge in [-0.3, -0.25) is 23.4 Å². The van der Waals surface area contributed by atoms with Gasteiger partial charge in [-0.25, -0.2) is 4.57 Å². The smallest absolute Gasteiger partial charge is 0.462 e. The van der Waals surface area contributed by atoms with E-state index in [9.17, 15) is 39.2 Å². The highest BCUT2D eigenvalue weighted by molar-refractivity contribution is 7.47. The summed E-state index contributed by atoms with van der Waals surface area (Å²) in [5, 5.41) is 39.1. The van der Waals surface area contributed by atoms with E-state index in [1.54, 1.807) is 12.2 Å². The summed E-state index contributed by atoms with van der Waals surface area (Å²) in [6.07, 6.45) is 25.1. The van der Waals surface area contributed by atoms with Crippen LogP contribution in [0.3, 0.4) is 0 Å². The van der Waals surface area contributed by atoms with E-state index < -0.39 is 76.5 Å². The van der Waals surface area contributed by atoms with Gasteiger partial charge in [0.1, 0.15) is 18.5 Å². The fourth-order valence-electron chi connectivity index (χ4n) is 7.04. The number of ketones is 1. The predicted molar refractivity (Wildman–Crippen MR) is 229 cm³/mol. The third-order valence-corrected chi connectivity index (χ3v) is 11.6. The van der Waals surface area contributed by atoms with Crippen LogP contribution in [0.1, 0.15) is 175 Å². The number of phosphoric ester groups is 1. The second kappa shape index (κ2) is 34.6. The lowest BCUT2D eigenvalue weighted by atomic mass is 9.90. The molecule has 0 spiro atoms. The minimum atomic E-state index is -4.68. The third-order valence-electron chi connectivity index (χ3n) is 10.7. The van der Waals surface area contributed by atoms with E-state index in [2.05, 4.69) is 25.3 Å². The summed E-state index contributed by atoms with van der Waals surface area (Å²) in [6.45, 7) is 4.30. The molecule has 1 aliphatic carbocycles. The molecular formula is C45H81O13P. The molecule has 1 aliphatic rings. The van der Waals surface area contributed by atoms with Gasteiger partial charge < -0.3 is 34.8 Å². The number of ether oxygens (including phenoxy) is 2. The van der Waals surface area contributed by atoms with Gasteiger partial charge in [-0.05, 0) is 38.0 Å². The van der Waals surface area contributed by atoms with Crippen LogP contribution >= 0.6 is 7.82 Å². The van der Waals surface area contributed by atoms with E-state index in [0.717, 1.165) is 44.4 Å². The zero-order valence-corrected chi connectivity index (χ0v) is 37.5. The Hall–Kier alpha value is -1.96.